The van der Waals surface area contributed by atoms with E-state index in [-0.39, 0.29) is 7.43 Å². The second-order valence-corrected chi connectivity index (χ2v) is 43.4. The minimum absolute atomic E-state index is 0. The Morgan fingerprint density at radius 3 is 0.763 bits per heavy atom. The third kappa shape index (κ3) is 24.3. The molecule has 2 rings (SSSR count). The van der Waals surface area contributed by atoms with E-state index < -0.39 is 90.9 Å². The van der Waals surface area contributed by atoms with Gasteiger partial charge in [0.2, 0.25) is 0 Å². The molecule has 2 aromatic rings. The Morgan fingerprint density at radius 1 is 0.407 bits per heavy atom. The van der Waals surface area contributed by atoms with Crippen molar-refractivity contribution < 1.29 is 52.7 Å². The van der Waals surface area contributed by atoms with E-state index in [2.05, 4.69) is 49.7 Å². The van der Waals surface area contributed by atoms with Gasteiger partial charge in [0.25, 0.3) is 0 Å². The van der Waals surface area contributed by atoms with Crippen LogP contribution in [0.1, 0.15) is 148 Å². The maximum Gasteiger partial charge on any atom is 0.417 e. The van der Waals surface area contributed by atoms with Crippen LogP contribution in [0.25, 0.3) is 0 Å². The summed E-state index contributed by atoms with van der Waals surface area (Å²) in [6.45, 7) is 14.5. The van der Waals surface area contributed by atoms with E-state index in [4.69, 9.17) is 0 Å². The standard InChI is InChI=1S/C8H2F6I2.C8H4F6.6C4H9.C2H2.CH4.2Sn/c9-7(10,11)3-1-5(15)4(2-6(3)16)8(12,13)14;9-7(10,11)5-1-2-6(4-3-5)8(12,13)14;6*1-3-4-2;1-2;;;/h1-2H;1-4H;6*1,3-4H2,2H3;1-2H;1H4;;. The van der Waals surface area contributed by atoms with Gasteiger partial charge in [-0.25, -0.2) is 0 Å². The maximum absolute atomic E-state index is 12.4. The van der Waals surface area contributed by atoms with Crippen LogP contribution < -0.4 is 0 Å². The Labute approximate surface area is 382 Å². The van der Waals surface area contributed by atoms with Gasteiger partial charge in [0.05, 0.1) is 22.3 Å². The molecular weight excluding hydrogens is 1240 g/mol. The van der Waals surface area contributed by atoms with Crippen LogP contribution in [0.2, 0.25) is 26.6 Å². The Morgan fingerprint density at radius 2 is 0.610 bits per heavy atom. The van der Waals surface area contributed by atoms with Crippen LogP contribution in [0.15, 0.2) is 44.6 Å². The van der Waals surface area contributed by atoms with Crippen LogP contribution in [-0.4, -0.2) is 36.8 Å². The summed E-state index contributed by atoms with van der Waals surface area (Å²) >= 11 is -1.72. The van der Waals surface area contributed by atoms with Gasteiger partial charge in [0.1, 0.15) is 0 Å². The molecule has 0 aliphatic rings. The number of benzene rings is 2. The molecule has 0 aliphatic carbocycles. The van der Waals surface area contributed by atoms with Crippen LogP contribution in [0, 0.1) is 7.14 Å². The molecule has 344 valence electrons. The molecule has 0 N–H and O–H groups in total. The first kappa shape index (κ1) is 61.5. The predicted molar refractivity (Wildman–Crippen MR) is 244 cm³/mol. The summed E-state index contributed by atoms with van der Waals surface area (Å²) < 4.78 is 161. The zero-order chi connectivity index (χ0) is 44.8. The second kappa shape index (κ2) is 29.8. The fourth-order valence-corrected chi connectivity index (χ4v) is 49.0. The van der Waals surface area contributed by atoms with Gasteiger partial charge >= 0.3 is 215 Å². The minimum Gasteiger partial charge on any atom is -0.166 e. The van der Waals surface area contributed by atoms with Crippen molar-refractivity contribution >= 4 is 81.9 Å². The van der Waals surface area contributed by atoms with E-state index in [9.17, 15) is 52.7 Å². The maximum atomic E-state index is 12.4. The summed E-state index contributed by atoms with van der Waals surface area (Å²) in [7, 11) is 0. The molecule has 0 heterocycles. The van der Waals surface area contributed by atoms with Gasteiger partial charge in [-0.1, -0.05) is 7.43 Å². The van der Waals surface area contributed by atoms with E-state index in [0.29, 0.717) is 36.4 Å². The molecule has 0 aromatic heterocycles. The van der Waals surface area contributed by atoms with Crippen LogP contribution in [0.5, 0.6) is 0 Å². The monoisotopic (exact) mass is 1300 g/mol. The zero-order valence-corrected chi connectivity index (χ0v) is 44.7. The number of hydrogen-bond donors (Lipinski definition) is 0. The molecule has 0 amide bonds. The molecule has 0 bridgehead atoms. The molecule has 0 unspecified atom stereocenters. The topological polar surface area (TPSA) is 0 Å². The first-order chi connectivity index (χ1) is 26.8. The van der Waals surface area contributed by atoms with E-state index in [1.807, 2.05) is 0 Å². The van der Waals surface area contributed by atoms with Crippen molar-refractivity contribution in [3.63, 3.8) is 0 Å². The van der Waals surface area contributed by atoms with Gasteiger partial charge in [-0.05, 0) is 81.6 Å². The van der Waals surface area contributed by atoms with Gasteiger partial charge in [-0.3, -0.25) is 0 Å². The van der Waals surface area contributed by atoms with E-state index >= 15 is 0 Å². The van der Waals surface area contributed by atoms with Gasteiger partial charge in [-0.15, -0.1) is 0 Å². The summed E-state index contributed by atoms with van der Waals surface area (Å²) in [5.74, 6) is 0. The Balaban J connectivity index is 0. The number of hydrogen-bond acceptors (Lipinski definition) is 0. The minimum atomic E-state index is -4.64. The quantitative estimate of drug-likeness (QED) is 0.0704. The van der Waals surface area contributed by atoms with Crippen LogP contribution in [0.3, 0.4) is 0 Å². The average molecular weight is 1300 g/mol. The van der Waals surface area contributed by atoms with E-state index in [0.717, 1.165) is 0 Å². The molecule has 0 radical (unpaired) electrons. The smallest absolute Gasteiger partial charge is 0.166 e. The summed E-state index contributed by atoms with van der Waals surface area (Å²) in [6.07, 6.45) is -1.01. The molecule has 0 nitrogen and oxygen atoms in total. The summed E-state index contributed by atoms with van der Waals surface area (Å²) in [4.78, 5) is 0. The first-order valence-electron chi connectivity index (χ1n) is 20.4. The van der Waals surface area contributed by atoms with Crippen molar-refractivity contribution in [1.82, 2.24) is 0 Å². The normalized spacial score (nSPS) is 12.7. The van der Waals surface area contributed by atoms with Crippen molar-refractivity contribution in [2.75, 3.05) is 0 Å². The van der Waals surface area contributed by atoms with Crippen LogP contribution in [0.4, 0.5) is 52.7 Å². The van der Waals surface area contributed by atoms with Crippen LogP contribution in [-0.2, 0) is 24.7 Å². The number of rotatable bonds is 20. The second-order valence-electron chi connectivity index (χ2n) is 15.1. The Bertz CT molecular complexity index is 1280. The largest absolute Gasteiger partial charge is 0.417 e. The number of unbranched alkanes of at least 4 members (excludes halogenated alkanes) is 6. The first-order valence-corrected chi connectivity index (χ1v) is 38.0. The fourth-order valence-electron chi connectivity index (χ4n) is 6.61. The third-order valence-corrected chi connectivity index (χ3v) is 42.8. The Hall–Kier alpha value is 0.397. The van der Waals surface area contributed by atoms with Crippen molar-refractivity contribution in [2.24, 2.45) is 0 Å². The molecule has 0 aliphatic heterocycles. The SMILES string of the molecule is C.CCC[CH2][Sn](/[CH]=[CH]/[Sn]([CH2]CCC)([CH2]CCC)[CH2]CCC)([CH2]CCC)[CH2]CCC.FC(F)(F)c1cc(I)c(C(F)(F)F)cc1I.FC(F)(F)c1ccc(C(F)(F)F)cc1. The molecule has 0 saturated heterocycles. The van der Waals surface area contributed by atoms with Crippen LogP contribution >= 0.6 is 45.2 Å². The summed E-state index contributed by atoms with van der Waals surface area (Å²) in [6, 6.07) is 2.63. The van der Waals surface area contributed by atoms with Crippen molar-refractivity contribution in [1.29, 1.82) is 0 Å². The Kier molecular flexibility index (Phi) is 31.0. The molecule has 2 aromatic carbocycles. The van der Waals surface area contributed by atoms with Crippen molar-refractivity contribution in [3.05, 3.63) is 74.0 Å². The van der Waals surface area contributed by atoms with E-state index in [1.165, 1.54) is 122 Å². The van der Waals surface area contributed by atoms with Gasteiger partial charge in [0, 0.05) is 7.14 Å². The third-order valence-electron chi connectivity index (χ3n) is 10.2. The molecule has 0 spiro atoms. The number of halogens is 14. The molecule has 0 fully saturated rings. The van der Waals surface area contributed by atoms with Crippen molar-refractivity contribution in [2.45, 2.75) is 177 Å². The fraction of sp³-hybridized carbons (Fsp3) is 0.674. The molecule has 16 heteroatoms. The zero-order valence-electron chi connectivity index (χ0n) is 34.6. The average Bonchev–Trinajstić information content (AvgIpc) is 3.14. The van der Waals surface area contributed by atoms with Gasteiger partial charge in [0.15, 0.2) is 0 Å². The number of alkyl halides is 12. The predicted octanol–water partition coefficient (Wildman–Crippen LogP) is 19.6. The van der Waals surface area contributed by atoms with Gasteiger partial charge < -0.3 is 0 Å². The van der Waals surface area contributed by atoms with Gasteiger partial charge in [-0.2, -0.15) is 52.7 Å². The molecule has 0 atom stereocenters. The molecular formula is C43H66F12I2Sn2. The van der Waals surface area contributed by atoms with E-state index in [1.54, 1.807) is 26.6 Å². The van der Waals surface area contributed by atoms with Crippen molar-refractivity contribution in [3.8, 4) is 0 Å². The molecule has 0 saturated carbocycles. The summed E-state index contributed by atoms with van der Waals surface area (Å²) in [5, 5.41) is 0. The molecule has 59 heavy (non-hydrogen) atoms. The summed E-state index contributed by atoms with van der Waals surface area (Å²) in [5.41, 5.74) is -4.29.